The van der Waals surface area contributed by atoms with Gasteiger partial charge >= 0.3 is 0 Å². The molecule has 1 aromatic heterocycles. The molecule has 0 bridgehead atoms. The number of carbonyl (C=O) groups is 1. The molecule has 184 valence electrons. The molecule has 0 spiro atoms. The molecule has 9 heteroatoms. The summed E-state index contributed by atoms with van der Waals surface area (Å²) in [6, 6.07) is 20.1. The number of sulfonamides is 1. The molecule has 0 radical (unpaired) electrons. The fraction of sp³-hybridized carbons (Fsp3) is 0.308. The number of carbonyl (C=O) groups excluding carboxylic acids is 1. The highest BCUT2D eigenvalue weighted by atomic mass is 32.2. The van der Waals surface area contributed by atoms with E-state index in [0.717, 1.165) is 38.3 Å². The third kappa shape index (κ3) is 6.37. The molecule has 0 aliphatic carbocycles. The van der Waals surface area contributed by atoms with E-state index in [-0.39, 0.29) is 23.8 Å². The number of rotatable bonds is 8. The van der Waals surface area contributed by atoms with Crippen LogP contribution in [-0.2, 0) is 14.8 Å². The first kappa shape index (κ1) is 24.7. The topological polar surface area (TPSA) is 85.8 Å². The number of pyridine rings is 1. The summed E-state index contributed by atoms with van der Waals surface area (Å²) in [6.07, 6.45) is 4.78. The van der Waals surface area contributed by atoms with Crippen LogP contribution in [0.4, 0.5) is 17.1 Å². The highest BCUT2D eigenvalue weighted by molar-refractivity contribution is 7.89. The van der Waals surface area contributed by atoms with Crippen molar-refractivity contribution >= 4 is 33.0 Å². The first-order valence-electron chi connectivity index (χ1n) is 11.7. The highest BCUT2D eigenvalue weighted by Gasteiger charge is 2.21. The van der Waals surface area contributed by atoms with Crippen LogP contribution in [0.2, 0.25) is 0 Å². The van der Waals surface area contributed by atoms with E-state index >= 15 is 0 Å². The summed E-state index contributed by atoms with van der Waals surface area (Å²) in [6.45, 7) is 3.92. The second-order valence-electron chi connectivity index (χ2n) is 8.52. The lowest BCUT2D eigenvalue weighted by atomic mass is 10.2. The second kappa shape index (κ2) is 11.3. The largest absolute Gasteiger partial charge is 0.370 e. The molecule has 0 saturated carbocycles. The Morgan fingerprint density at radius 3 is 2.11 bits per heavy atom. The van der Waals surface area contributed by atoms with E-state index in [0.29, 0.717) is 5.69 Å². The molecule has 0 unspecified atom stereocenters. The molecule has 1 N–H and O–H groups in total. The van der Waals surface area contributed by atoms with Gasteiger partial charge in [0.2, 0.25) is 15.9 Å². The van der Waals surface area contributed by atoms with E-state index in [9.17, 15) is 13.2 Å². The van der Waals surface area contributed by atoms with Gasteiger partial charge in [-0.05, 0) is 55.0 Å². The lowest BCUT2D eigenvalue weighted by Gasteiger charge is -2.25. The number of nitrogens with one attached hydrogen (secondary N) is 1. The van der Waals surface area contributed by atoms with Crippen LogP contribution in [0.15, 0.2) is 84.0 Å². The molecular formula is C26H31N5O3S. The molecule has 1 fully saturated rings. The van der Waals surface area contributed by atoms with Gasteiger partial charge in [-0.15, -0.1) is 0 Å². The number of amides is 1. The van der Waals surface area contributed by atoms with Crippen molar-refractivity contribution in [3.63, 3.8) is 0 Å². The van der Waals surface area contributed by atoms with Crippen LogP contribution in [0.3, 0.4) is 0 Å². The van der Waals surface area contributed by atoms with Crippen LogP contribution in [0.25, 0.3) is 0 Å². The van der Waals surface area contributed by atoms with Gasteiger partial charge in [0, 0.05) is 75.6 Å². The minimum atomic E-state index is -3.61. The fourth-order valence-corrected chi connectivity index (χ4v) is 5.31. The third-order valence-electron chi connectivity index (χ3n) is 6.15. The Bertz CT molecular complexity index is 1200. The van der Waals surface area contributed by atoms with E-state index in [2.05, 4.69) is 20.1 Å². The van der Waals surface area contributed by atoms with Crippen LogP contribution in [0.5, 0.6) is 0 Å². The molecule has 1 amide bonds. The Morgan fingerprint density at radius 2 is 1.49 bits per heavy atom. The number of nitrogens with zero attached hydrogens (tertiary/aromatic N) is 4. The molecule has 8 nitrogen and oxygen atoms in total. The summed E-state index contributed by atoms with van der Waals surface area (Å²) in [5.41, 5.74) is 3.01. The smallest absolute Gasteiger partial charge is 0.242 e. The van der Waals surface area contributed by atoms with Crippen LogP contribution in [0, 0.1) is 0 Å². The first-order valence-corrected chi connectivity index (χ1v) is 13.2. The molecule has 35 heavy (non-hydrogen) atoms. The zero-order chi connectivity index (χ0) is 24.7. The fourth-order valence-electron chi connectivity index (χ4n) is 4.12. The second-order valence-corrected chi connectivity index (χ2v) is 10.6. The number of aromatic nitrogens is 1. The van der Waals surface area contributed by atoms with Gasteiger partial charge in [0.05, 0.1) is 4.90 Å². The predicted molar refractivity (Wildman–Crippen MR) is 139 cm³/mol. The van der Waals surface area contributed by atoms with Crippen molar-refractivity contribution < 1.29 is 13.2 Å². The van der Waals surface area contributed by atoms with E-state index in [1.165, 1.54) is 17.0 Å². The summed E-state index contributed by atoms with van der Waals surface area (Å²) in [4.78, 5) is 21.5. The maximum Gasteiger partial charge on any atom is 0.242 e. The average Bonchev–Trinajstić information content (AvgIpc) is 3.15. The monoisotopic (exact) mass is 493 g/mol. The average molecular weight is 494 g/mol. The van der Waals surface area contributed by atoms with Crippen molar-refractivity contribution in [1.82, 2.24) is 9.29 Å². The number of hydrogen-bond acceptors (Lipinski definition) is 6. The SMILES string of the molecule is CN(CCC(=O)Nc1ccc(N2CCCN(c3ccncc3)CC2)cc1)S(=O)(=O)c1ccccc1. The number of anilines is 3. The summed E-state index contributed by atoms with van der Waals surface area (Å²) >= 11 is 0. The van der Waals surface area contributed by atoms with Gasteiger partial charge in [0.25, 0.3) is 0 Å². The number of benzene rings is 2. The van der Waals surface area contributed by atoms with E-state index in [1.54, 1.807) is 30.3 Å². The zero-order valence-electron chi connectivity index (χ0n) is 19.9. The quantitative estimate of drug-likeness (QED) is 0.517. The van der Waals surface area contributed by atoms with Crippen LogP contribution >= 0.6 is 0 Å². The molecule has 1 aliphatic heterocycles. The third-order valence-corrected chi connectivity index (χ3v) is 8.02. The van der Waals surface area contributed by atoms with Gasteiger partial charge in [0.1, 0.15) is 0 Å². The summed E-state index contributed by atoms with van der Waals surface area (Å²) < 4.78 is 26.4. The number of hydrogen-bond donors (Lipinski definition) is 1. The van der Waals surface area contributed by atoms with Gasteiger partial charge in [-0.3, -0.25) is 9.78 Å². The standard InChI is InChI=1S/C26H31N5O3S/c1-29(35(33,34)25-6-3-2-4-7-25)19-14-26(32)28-22-8-10-23(11-9-22)30-17-5-18-31(21-20-30)24-12-15-27-16-13-24/h2-4,6-13,15-16H,5,14,17-21H2,1H3,(H,28,32). The van der Waals surface area contributed by atoms with E-state index in [4.69, 9.17) is 0 Å². The molecule has 1 aliphatic rings. The lowest BCUT2D eigenvalue weighted by molar-refractivity contribution is -0.116. The lowest BCUT2D eigenvalue weighted by Crippen LogP contribution is -2.30. The van der Waals surface area contributed by atoms with Crippen LogP contribution in [0.1, 0.15) is 12.8 Å². The van der Waals surface area contributed by atoms with Gasteiger partial charge in [-0.1, -0.05) is 18.2 Å². The minimum absolute atomic E-state index is 0.0707. The summed E-state index contributed by atoms with van der Waals surface area (Å²) in [5.74, 6) is -0.226. The molecule has 1 saturated heterocycles. The highest BCUT2D eigenvalue weighted by Crippen LogP contribution is 2.22. The van der Waals surface area contributed by atoms with Crippen molar-refractivity contribution in [3.05, 3.63) is 79.1 Å². The van der Waals surface area contributed by atoms with Crippen molar-refractivity contribution in [3.8, 4) is 0 Å². The maximum absolute atomic E-state index is 12.6. The van der Waals surface area contributed by atoms with Gasteiger partial charge < -0.3 is 15.1 Å². The molecular weight excluding hydrogens is 462 g/mol. The summed E-state index contributed by atoms with van der Waals surface area (Å²) in [5, 5.41) is 2.87. The molecule has 4 rings (SSSR count). The zero-order valence-corrected chi connectivity index (χ0v) is 20.7. The van der Waals surface area contributed by atoms with Crippen LogP contribution < -0.4 is 15.1 Å². The van der Waals surface area contributed by atoms with Crippen molar-refractivity contribution in [2.45, 2.75) is 17.7 Å². The Kier molecular flexibility index (Phi) is 7.99. The van der Waals surface area contributed by atoms with Gasteiger partial charge in [0.15, 0.2) is 0 Å². The normalized spacial score (nSPS) is 14.6. The predicted octanol–water partition coefficient (Wildman–Crippen LogP) is 3.45. The maximum atomic E-state index is 12.6. The van der Waals surface area contributed by atoms with Crippen molar-refractivity contribution in [2.75, 3.05) is 54.9 Å². The Balaban J connectivity index is 1.28. The van der Waals surface area contributed by atoms with Gasteiger partial charge in [-0.25, -0.2) is 12.7 Å². The molecule has 2 aromatic carbocycles. The van der Waals surface area contributed by atoms with Gasteiger partial charge in [-0.2, -0.15) is 0 Å². The molecule has 0 atom stereocenters. The van der Waals surface area contributed by atoms with Crippen LogP contribution in [-0.4, -0.2) is 63.4 Å². The van der Waals surface area contributed by atoms with E-state index < -0.39 is 10.0 Å². The molecule has 3 aromatic rings. The summed E-state index contributed by atoms with van der Waals surface area (Å²) in [7, 11) is -2.12. The first-order chi connectivity index (χ1) is 16.9. The van der Waals surface area contributed by atoms with E-state index in [1.807, 2.05) is 48.8 Å². The Morgan fingerprint density at radius 1 is 0.886 bits per heavy atom. The molecule has 2 heterocycles. The van der Waals surface area contributed by atoms with Crippen molar-refractivity contribution in [2.24, 2.45) is 0 Å². The Labute approximate surface area is 207 Å². The minimum Gasteiger partial charge on any atom is -0.370 e. The Hall–Kier alpha value is -3.43. The van der Waals surface area contributed by atoms with Crippen molar-refractivity contribution in [1.29, 1.82) is 0 Å².